The van der Waals surface area contributed by atoms with E-state index in [2.05, 4.69) is 10.6 Å². The Bertz CT molecular complexity index is 1690. The maximum absolute atomic E-state index is 14.9. The van der Waals surface area contributed by atoms with Gasteiger partial charge in [-0.3, -0.25) is 9.59 Å². The third-order valence-electron chi connectivity index (χ3n) is 8.11. The van der Waals surface area contributed by atoms with Crippen LogP contribution in [0.25, 0.3) is 10.8 Å². The number of carbonyl (C=O) groups is 3. The van der Waals surface area contributed by atoms with E-state index in [1.54, 1.807) is 45.9 Å². The summed E-state index contributed by atoms with van der Waals surface area (Å²) in [5, 5.41) is 19.1. The molecule has 0 spiro atoms. The highest BCUT2D eigenvalue weighted by Gasteiger charge is 2.44. The van der Waals surface area contributed by atoms with Crippen LogP contribution in [0.1, 0.15) is 70.7 Å². The number of carbonyl (C=O) groups excluding carboxylic acids is 3. The monoisotopic (exact) mass is 623 g/mol. The van der Waals surface area contributed by atoms with Crippen molar-refractivity contribution < 1.29 is 24.2 Å². The summed E-state index contributed by atoms with van der Waals surface area (Å²) in [4.78, 5) is 44.0. The molecule has 2 unspecified atom stereocenters. The number of anilines is 1. The Hall–Kier alpha value is -4.85. The number of alkyl carbamates (subject to hydrolysis) is 1. The van der Waals surface area contributed by atoms with Crippen LogP contribution in [-0.4, -0.2) is 45.1 Å². The number of aryl methyl sites for hydroxylation is 1. The summed E-state index contributed by atoms with van der Waals surface area (Å²) < 4.78 is 5.55. The van der Waals surface area contributed by atoms with Gasteiger partial charge in [-0.15, -0.1) is 0 Å². The molecule has 0 saturated heterocycles. The van der Waals surface area contributed by atoms with Crippen LogP contribution in [0, 0.1) is 6.92 Å². The third kappa shape index (κ3) is 8.24. The average molecular weight is 624 g/mol. The quantitative estimate of drug-likeness (QED) is 0.168. The van der Waals surface area contributed by atoms with Crippen LogP contribution < -0.4 is 10.6 Å². The summed E-state index contributed by atoms with van der Waals surface area (Å²) >= 11 is 0. The van der Waals surface area contributed by atoms with Crippen molar-refractivity contribution in [1.29, 1.82) is 0 Å². The zero-order chi connectivity index (χ0) is 33.6. The van der Waals surface area contributed by atoms with Crippen LogP contribution in [-0.2, 0) is 20.7 Å². The standard InChI is InChI=1S/C38H45N3O5/c1-8-38(6,7)41(35(44)31(23-26-16-10-9-11-17-26)40-36(45)46-37(3,4)5)32(30-20-14-15-25(2)33(30)42)34(43)39-29-22-21-27-18-12-13-19-28(27)24-29/h9-22,24,31-32,42H,8,23H2,1-7H3,(H,39,43)(H,40,45). The maximum atomic E-state index is 14.9. The van der Waals surface area contributed by atoms with Gasteiger partial charge in [0.25, 0.3) is 5.91 Å². The normalized spacial score (nSPS) is 13.0. The van der Waals surface area contributed by atoms with E-state index in [0.717, 1.165) is 16.3 Å². The van der Waals surface area contributed by atoms with E-state index in [1.807, 2.05) is 93.6 Å². The van der Waals surface area contributed by atoms with Gasteiger partial charge in [-0.25, -0.2) is 4.79 Å². The molecule has 0 aromatic heterocycles. The first-order chi connectivity index (χ1) is 21.7. The van der Waals surface area contributed by atoms with E-state index in [0.29, 0.717) is 17.7 Å². The Morgan fingerprint density at radius 3 is 2.15 bits per heavy atom. The molecule has 4 rings (SSSR count). The lowest BCUT2D eigenvalue weighted by molar-refractivity contribution is -0.147. The molecule has 0 radical (unpaired) electrons. The number of nitrogens with zero attached hydrogens (tertiary/aromatic N) is 1. The molecule has 3 amide bonds. The Morgan fingerprint density at radius 2 is 1.50 bits per heavy atom. The molecule has 4 aromatic carbocycles. The second-order valence-corrected chi connectivity index (χ2v) is 13.2. The minimum atomic E-state index is -1.24. The number of phenolic OH excluding ortho intramolecular Hbond substituents is 1. The number of fused-ring (bicyclic) bond motifs is 1. The van der Waals surface area contributed by atoms with Crippen LogP contribution in [0.4, 0.5) is 10.5 Å². The van der Waals surface area contributed by atoms with Crippen LogP contribution in [0.2, 0.25) is 0 Å². The topological polar surface area (TPSA) is 108 Å². The summed E-state index contributed by atoms with van der Waals surface area (Å²) in [5.74, 6) is -1.06. The largest absolute Gasteiger partial charge is 0.507 e. The number of nitrogens with one attached hydrogen (secondary N) is 2. The van der Waals surface area contributed by atoms with Crippen molar-refractivity contribution in [2.45, 2.75) is 84.5 Å². The summed E-state index contributed by atoms with van der Waals surface area (Å²) in [7, 11) is 0. The number of benzene rings is 4. The minimum absolute atomic E-state index is 0.0782. The Labute approximate surface area is 271 Å². The smallest absolute Gasteiger partial charge is 0.408 e. The number of amides is 3. The SMILES string of the molecule is CCC(C)(C)N(C(=O)C(Cc1ccccc1)NC(=O)OC(C)(C)C)C(C(=O)Nc1ccc2ccccc2c1)c1cccc(C)c1O. The number of aromatic hydroxyl groups is 1. The van der Waals surface area contributed by atoms with E-state index < -0.39 is 41.1 Å². The van der Waals surface area contributed by atoms with Gasteiger partial charge in [0.1, 0.15) is 23.4 Å². The maximum Gasteiger partial charge on any atom is 0.408 e. The van der Waals surface area contributed by atoms with Gasteiger partial charge in [0, 0.05) is 23.2 Å². The highest BCUT2D eigenvalue weighted by molar-refractivity contribution is 6.01. The fraction of sp³-hybridized carbons (Fsp3) is 0.342. The lowest BCUT2D eigenvalue weighted by atomic mass is 9.90. The summed E-state index contributed by atoms with van der Waals surface area (Å²) in [6.07, 6.45) is -0.101. The fourth-order valence-corrected chi connectivity index (χ4v) is 5.39. The van der Waals surface area contributed by atoms with Crippen LogP contribution in [0.3, 0.4) is 0 Å². The molecule has 46 heavy (non-hydrogen) atoms. The number of rotatable bonds is 10. The van der Waals surface area contributed by atoms with Crippen molar-refractivity contribution in [3.8, 4) is 5.75 Å². The zero-order valence-corrected chi connectivity index (χ0v) is 27.8. The molecule has 0 saturated carbocycles. The van der Waals surface area contributed by atoms with Crippen molar-refractivity contribution in [1.82, 2.24) is 10.2 Å². The van der Waals surface area contributed by atoms with E-state index in [1.165, 1.54) is 4.90 Å². The van der Waals surface area contributed by atoms with Crippen molar-refractivity contribution in [2.75, 3.05) is 5.32 Å². The van der Waals surface area contributed by atoms with Gasteiger partial charge in [0.2, 0.25) is 5.91 Å². The number of hydrogen-bond acceptors (Lipinski definition) is 5. The summed E-state index contributed by atoms with van der Waals surface area (Å²) in [6.45, 7) is 12.7. The van der Waals surface area contributed by atoms with Gasteiger partial charge in [0.15, 0.2) is 0 Å². The van der Waals surface area contributed by atoms with E-state index in [9.17, 15) is 19.5 Å². The first kappa shape index (κ1) is 34.0. The van der Waals surface area contributed by atoms with Crippen molar-refractivity contribution in [3.05, 3.63) is 108 Å². The lowest BCUT2D eigenvalue weighted by Gasteiger charge is -2.44. The molecule has 3 N–H and O–H groups in total. The Kier molecular flexibility index (Phi) is 10.4. The molecule has 242 valence electrons. The second-order valence-electron chi connectivity index (χ2n) is 13.2. The molecule has 0 aliphatic heterocycles. The van der Waals surface area contributed by atoms with Gasteiger partial charge < -0.3 is 25.4 Å². The molecule has 8 heteroatoms. The van der Waals surface area contributed by atoms with Gasteiger partial charge in [-0.1, -0.05) is 85.8 Å². The first-order valence-electron chi connectivity index (χ1n) is 15.6. The Balaban J connectivity index is 1.84. The summed E-state index contributed by atoms with van der Waals surface area (Å²) in [5.41, 5.74) is 0.544. The highest BCUT2D eigenvalue weighted by atomic mass is 16.6. The highest BCUT2D eigenvalue weighted by Crippen LogP contribution is 2.38. The lowest BCUT2D eigenvalue weighted by Crippen LogP contribution is -2.59. The molecule has 4 aromatic rings. The molecular formula is C38H45N3O5. The fourth-order valence-electron chi connectivity index (χ4n) is 5.39. The van der Waals surface area contributed by atoms with Crippen LogP contribution in [0.15, 0.2) is 91.0 Å². The van der Waals surface area contributed by atoms with Gasteiger partial charge in [0.05, 0.1) is 0 Å². The van der Waals surface area contributed by atoms with E-state index in [4.69, 9.17) is 4.74 Å². The summed E-state index contributed by atoms with van der Waals surface area (Å²) in [6, 6.07) is 25.6. The van der Waals surface area contributed by atoms with Gasteiger partial charge in [-0.2, -0.15) is 0 Å². The first-order valence-corrected chi connectivity index (χ1v) is 15.6. The van der Waals surface area contributed by atoms with Crippen molar-refractivity contribution in [3.63, 3.8) is 0 Å². The van der Waals surface area contributed by atoms with Crippen molar-refractivity contribution in [2.24, 2.45) is 0 Å². The van der Waals surface area contributed by atoms with Gasteiger partial charge in [-0.05, 0) is 82.0 Å². The number of para-hydroxylation sites is 1. The average Bonchev–Trinajstić information content (AvgIpc) is 3.00. The molecule has 0 aliphatic rings. The number of hydrogen-bond donors (Lipinski definition) is 3. The van der Waals surface area contributed by atoms with Crippen LogP contribution in [0.5, 0.6) is 5.75 Å². The minimum Gasteiger partial charge on any atom is -0.507 e. The molecule has 0 fully saturated rings. The number of ether oxygens (including phenoxy) is 1. The third-order valence-corrected chi connectivity index (χ3v) is 8.11. The Morgan fingerprint density at radius 1 is 0.848 bits per heavy atom. The van der Waals surface area contributed by atoms with E-state index in [-0.39, 0.29) is 17.7 Å². The number of phenols is 1. The van der Waals surface area contributed by atoms with E-state index >= 15 is 0 Å². The predicted octanol–water partition coefficient (Wildman–Crippen LogP) is 7.69. The molecule has 0 bridgehead atoms. The van der Waals surface area contributed by atoms with Crippen molar-refractivity contribution >= 4 is 34.4 Å². The zero-order valence-electron chi connectivity index (χ0n) is 27.8. The van der Waals surface area contributed by atoms with Gasteiger partial charge >= 0.3 is 6.09 Å². The molecule has 0 heterocycles. The second kappa shape index (κ2) is 14.1. The molecule has 8 nitrogen and oxygen atoms in total. The molecule has 2 atom stereocenters. The molecule has 0 aliphatic carbocycles. The predicted molar refractivity (Wildman–Crippen MR) is 183 cm³/mol. The molecular weight excluding hydrogens is 578 g/mol. The van der Waals surface area contributed by atoms with Crippen LogP contribution >= 0.6 is 0 Å².